The van der Waals surface area contributed by atoms with Crippen molar-refractivity contribution in [2.45, 2.75) is 31.6 Å². The monoisotopic (exact) mass is 280 g/mol. The van der Waals surface area contributed by atoms with Gasteiger partial charge in [-0.2, -0.15) is 0 Å². The Hall–Kier alpha value is -1.49. The minimum Gasteiger partial charge on any atom is -0.356 e. The Balaban J connectivity index is 2.43. The van der Waals surface area contributed by atoms with E-state index in [1.807, 2.05) is 26.0 Å². The van der Waals surface area contributed by atoms with Crippen molar-refractivity contribution in [3.63, 3.8) is 0 Å². The molecule has 0 unspecified atom stereocenters. The minimum absolute atomic E-state index is 0.0400. The molecule has 0 aliphatic heterocycles. The number of hydrogen-bond acceptors (Lipinski definition) is 3. The molecular formula is C14H20N2O2S. The average molecular weight is 280 g/mol. The number of rotatable bonds is 6. The topological polar surface area (TPSA) is 58.2 Å². The maximum atomic E-state index is 11.9. The fraction of sp³-hybridized carbons (Fsp3) is 0.429. The third kappa shape index (κ3) is 5.34. The number of carbonyl (C=O) groups is 2. The van der Waals surface area contributed by atoms with E-state index < -0.39 is 0 Å². The molecular weight excluding hydrogens is 260 g/mol. The normalized spacial score (nSPS) is 10.1. The standard InChI is InChI=1S/C14H20N2O2S/c1-3-7-15-13(17)6-8-16-14(18)12-9-11(19)5-4-10(12)2/h4-5,9,19H,3,6-8H2,1-2H3,(H,15,17)(H,16,18). The Labute approximate surface area is 119 Å². The number of nitrogens with one attached hydrogen (secondary N) is 2. The molecule has 19 heavy (non-hydrogen) atoms. The predicted octanol–water partition coefficient (Wildman–Crippen LogP) is 1.93. The van der Waals surface area contributed by atoms with Gasteiger partial charge < -0.3 is 10.6 Å². The second kappa shape index (κ2) is 7.84. The van der Waals surface area contributed by atoms with Crippen LogP contribution in [0.3, 0.4) is 0 Å². The van der Waals surface area contributed by atoms with Gasteiger partial charge in [-0.25, -0.2) is 0 Å². The zero-order valence-corrected chi connectivity index (χ0v) is 12.2. The summed E-state index contributed by atoms with van der Waals surface area (Å²) in [5.74, 6) is -0.210. The Morgan fingerprint density at radius 2 is 1.95 bits per heavy atom. The summed E-state index contributed by atoms with van der Waals surface area (Å²) in [6.07, 6.45) is 1.21. The first-order valence-corrected chi connectivity index (χ1v) is 6.83. The predicted molar refractivity (Wildman–Crippen MR) is 78.7 cm³/mol. The summed E-state index contributed by atoms with van der Waals surface area (Å²) < 4.78 is 0. The van der Waals surface area contributed by atoms with Crippen LogP contribution in [-0.2, 0) is 4.79 Å². The van der Waals surface area contributed by atoms with Crippen LogP contribution in [0.5, 0.6) is 0 Å². The van der Waals surface area contributed by atoms with Crippen LogP contribution >= 0.6 is 12.6 Å². The largest absolute Gasteiger partial charge is 0.356 e. The summed E-state index contributed by atoms with van der Waals surface area (Å²) >= 11 is 4.21. The maximum Gasteiger partial charge on any atom is 0.251 e. The number of aryl methyl sites for hydroxylation is 1. The zero-order valence-electron chi connectivity index (χ0n) is 11.3. The van der Waals surface area contributed by atoms with E-state index in [9.17, 15) is 9.59 Å². The smallest absolute Gasteiger partial charge is 0.251 e. The van der Waals surface area contributed by atoms with E-state index in [1.54, 1.807) is 6.07 Å². The van der Waals surface area contributed by atoms with E-state index in [-0.39, 0.29) is 11.8 Å². The molecule has 0 aromatic heterocycles. The number of hydrogen-bond donors (Lipinski definition) is 3. The molecule has 0 aliphatic carbocycles. The molecule has 2 N–H and O–H groups in total. The van der Waals surface area contributed by atoms with E-state index in [2.05, 4.69) is 23.3 Å². The van der Waals surface area contributed by atoms with E-state index in [0.29, 0.717) is 25.1 Å². The number of amides is 2. The lowest BCUT2D eigenvalue weighted by Crippen LogP contribution is -2.31. The van der Waals surface area contributed by atoms with Crippen LogP contribution in [0, 0.1) is 6.92 Å². The Morgan fingerprint density at radius 1 is 1.21 bits per heavy atom. The van der Waals surface area contributed by atoms with Gasteiger partial charge in [-0.05, 0) is 31.0 Å². The number of carbonyl (C=O) groups excluding carboxylic acids is 2. The molecule has 1 aromatic rings. The lowest BCUT2D eigenvalue weighted by molar-refractivity contribution is -0.120. The van der Waals surface area contributed by atoms with Crippen LogP contribution in [0.25, 0.3) is 0 Å². The Bertz CT molecular complexity index is 461. The van der Waals surface area contributed by atoms with Crippen molar-refractivity contribution >= 4 is 24.4 Å². The molecule has 104 valence electrons. The zero-order chi connectivity index (χ0) is 14.3. The summed E-state index contributed by atoms with van der Waals surface area (Å²) in [5, 5.41) is 5.50. The van der Waals surface area contributed by atoms with Crippen molar-refractivity contribution in [1.29, 1.82) is 0 Å². The van der Waals surface area contributed by atoms with Crippen molar-refractivity contribution in [2.75, 3.05) is 13.1 Å². The van der Waals surface area contributed by atoms with Gasteiger partial charge in [0.15, 0.2) is 0 Å². The molecule has 0 saturated heterocycles. The second-order valence-electron chi connectivity index (χ2n) is 4.36. The highest BCUT2D eigenvalue weighted by Crippen LogP contribution is 2.13. The first kappa shape index (κ1) is 15.6. The summed E-state index contributed by atoms with van der Waals surface area (Å²) in [6, 6.07) is 5.42. The molecule has 2 amide bonds. The Morgan fingerprint density at radius 3 is 2.63 bits per heavy atom. The maximum absolute atomic E-state index is 11.9. The molecule has 1 rings (SSSR count). The van der Waals surface area contributed by atoms with Crippen molar-refractivity contribution in [3.8, 4) is 0 Å². The highest BCUT2D eigenvalue weighted by Gasteiger charge is 2.09. The van der Waals surface area contributed by atoms with Gasteiger partial charge in [-0.1, -0.05) is 13.0 Å². The fourth-order valence-corrected chi connectivity index (χ4v) is 1.80. The first-order chi connectivity index (χ1) is 9.04. The fourth-order valence-electron chi connectivity index (χ4n) is 1.59. The molecule has 0 aliphatic rings. The molecule has 4 nitrogen and oxygen atoms in total. The first-order valence-electron chi connectivity index (χ1n) is 6.39. The van der Waals surface area contributed by atoms with E-state index in [0.717, 1.165) is 16.9 Å². The molecule has 0 spiro atoms. The quantitative estimate of drug-likeness (QED) is 0.697. The minimum atomic E-state index is -0.170. The summed E-state index contributed by atoms with van der Waals surface area (Å²) in [5.41, 5.74) is 1.49. The second-order valence-corrected chi connectivity index (χ2v) is 4.87. The van der Waals surface area contributed by atoms with Gasteiger partial charge in [0, 0.05) is 30.0 Å². The molecule has 0 atom stereocenters. The van der Waals surface area contributed by atoms with E-state index in [4.69, 9.17) is 0 Å². The Kier molecular flexibility index (Phi) is 6.42. The van der Waals surface area contributed by atoms with Crippen molar-refractivity contribution < 1.29 is 9.59 Å². The van der Waals surface area contributed by atoms with Gasteiger partial charge >= 0.3 is 0 Å². The van der Waals surface area contributed by atoms with Crippen LogP contribution in [-0.4, -0.2) is 24.9 Å². The molecule has 0 fully saturated rings. The molecule has 5 heteroatoms. The van der Waals surface area contributed by atoms with Crippen LogP contribution in [0.15, 0.2) is 23.1 Å². The van der Waals surface area contributed by atoms with E-state index >= 15 is 0 Å². The summed E-state index contributed by atoms with van der Waals surface area (Å²) in [4.78, 5) is 24.0. The lowest BCUT2D eigenvalue weighted by Gasteiger charge is -2.08. The summed E-state index contributed by atoms with van der Waals surface area (Å²) in [6.45, 7) is 4.88. The highest BCUT2D eigenvalue weighted by atomic mass is 32.1. The molecule has 0 heterocycles. The molecule has 0 radical (unpaired) electrons. The molecule has 1 aromatic carbocycles. The van der Waals surface area contributed by atoms with Crippen molar-refractivity contribution in [3.05, 3.63) is 29.3 Å². The summed E-state index contributed by atoms with van der Waals surface area (Å²) in [7, 11) is 0. The highest BCUT2D eigenvalue weighted by molar-refractivity contribution is 7.80. The van der Waals surface area contributed by atoms with Gasteiger partial charge in [-0.15, -0.1) is 12.6 Å². The number of thiol groups is 1. The van der Waals surface area contributed by atoms with Crippen LogP contribution in [0.4, 0.5) is 0 Å². The number of benzene rings is 1. The van der Waals surface area contributed by atoms with Gasteiger partial charge in [0.2, 0.25) is 5.91 Å². The average Bonchev–Trinajstić information content (AvgIpc) is 2.39. The van der Waals surface area contributed by atoms with E-state index in [1.165, 1.54) is 0 Å². The third-order valence-corrected chi connectivity index (χ3v) is 2.95. The van der Waals surface area contributed by atoms with Crippen LogP contribution < -0.4 is 10.6 Å². The van der Waals surface area contributed by atoms with Crippen LogP contribution in [0.2, 0.25) is 0 Å². The van der Waals surface area contributed by atoms with Gasteiger partial charge in [0.05, 0.1) is 0 Å². The van der Waals surface area contributed by atoms with Gasteiger partial charge in [0.25, 0.3) is 5.91 Å². The van der Waals surface area contributed by atoms with Crippen LogP contribution in [0.1, 0.15) is 35.7 Å². The van der Waals surface area contributed by atoms with Gasteiger partial charge in [0.1, 0.15) is 0 Å². The third-order valence-electron chi connectivity index (χ3n) is 2.68. The SMILES string of the molecule is CCCNC(=O)CCNC(=O)c1cc(S)ccc1C. The van der Waals surface area contributed by atoms with Gasteiger partial charge in [-0.3, -0.25) is 9.59 Å². The van der Waals surface area contributed by atoms with Crippen molar-refractivity contribution in [1.82, 2.24) is 10.6 Å². The van der Waals surface area contributed by atoms with Crippen molar-refractivity contribution in [2.24, 2.45) is 0 Å². The lowest BCUT2D eigenvalue weighted by atomic mass is 10.1. The molecule has 0 bridgehead atoms. The molecule has 0 saturated carbocycles.